The number of nitrogens with zero attached hydrogens (tertiary/aromatic N) is 4. The molecule has 0 atom stereocenters. The van der Waals surface area contributed by atoms with Gasteiger partial charge in [0.15, 0.2) is 0 Å². The summed E-state index contributed by atoms with van der Waals surface area (Å²) >= 11 is 6.14. The van der Waals surface area contributed by atoms with Crippen molar-refractivity contribution in [3.05, 3.63) is 47.5 Å². The molecule has 8 heteroatoms. The fourth-order valence-corrected chi connectivity index (χ4v) is 5.54. The minimum atomic E-state index is -0.289. The zero-order chi connectivity index (χ0) is 25.5. The molecule has 36 heavy (non-hydrogen) atoms. The lowest BCUT2D eigenvalue weighted by atomic mass is 9.75. The Kier molecular flexibility index (Phi) is 8.94. The van der Waals surface area contributed by atoms with Crippen LogP contribution in [0.5, 0.6) is 5.75 Å². The van der Waals surface area contributed by atoms with Crippen molar-refractivity contribution in [2.75, 3.05) is 32.8 Å². The number of aryl methyl sites for hydroxylation is 1. The van der Waals surface area contributed by atoms with Crippen molar-refractivity contribution in [2.24, 2.45) is 5.41 Å². The number of ether oxygens (including phenoxy) is 1. The molecule has 0 unspecified atom stereocenters. The van der Waals surface area contributed by atoms with Gasteiger partial charge in [0.1, 0.15) is 11.6 Å². The van der Waals surface area contributed by atoms with Crippen molar-refractivity contribution in [1.29, 1.82) is 0 Å². The Morgan fingerprint density at radius 3 is 2.47 bits per heavy atom. The summed E-state index contributed by atoms with van der Waals surface area (Å²) in [4.78, 5) is 34.7. The van der Waals surface area contributed by atoms with E-state index in [1.807, 2.05) is 40.3 Å². The molecule has 196 valence electrons. The highest BCUT2D eigenvalue weighted by molar-refractivity contribution is 6.30. The molecule has 3 heterocycles. The minimum Gasteiger partial charge on any atom is -0.493 e. The number of hydrogen-bond acceptors (Lipinski definition) is 4. The number of carbonyl (C=O) groups excluding carboxylic acids is 2. The third-order valence-corrected chi connectivity index (χ3v) is 7.82. The van der Waals surface area contributed by atoms with E-state index < -0.39 is 0 Å². The molecule has 0 bridgehead atoms. The fourth-order valence-electron chi connectivity index (χ4n) is 5.36. The Morgan fingerprint density at radius 2 is 1.78 bits per heavy atom. The van der Waals surface area contributed by atoms with Crippen molar-refractivity contribution in [1.82, 2.24) is 19.4 Å². The summed E-state index contributed by atoms with van der Waals surface area (Å²) in [6.07, 6.45) is 9.52. The lowest BCUT2D eigenvalue weighted by Crippen LogP contribution is -2.48. The van der Waals surface area contributed by atoms with Crippen LogP contribution in [0.3, 0.4) is 0 Å². The molecule has 2 aromatic rings. The van der Waals surface area contributed by atoms with E-state index in [2.05, 4.69) is 23.4 Å². The van der Waals surface area contributed by atoms with Crippen LogP contribution in [-0.2, 0) is 16.1 Å². The number of carbonyl (C=O) groups is 2. The lowest BCUT2D eigenvalue weighted by Gasteiger charge is -2.42. The second-order valence-corrected chi connectivity index (χ2v) is 11.1. The van der Waals surface area contributed by atoms with Gasteiger partial charge in [0, 0.05) is 74.3 Å². The minimum absolute atomic E-state index is 0.158. The van der Waals surface area contributed by atoms with Crippen LogP contribution >= 0.6 is 11.6 Å². The number of rotatable bonds is 9. The number of likely N-dealkylation sites (tertiary alicyclic amines) is 2. The third-order valence-electron chi connectivity index (χ3n) is 7.58. The highest BCUT2D eigenvalue weighted by Gasteiger charge is 2.39. The SMILES string of the molecule is CC(C)c1nccn1CCC(=O)N1CCC(COc2cccc(Cl)c2)(CC(=O)N2CCCCC2)CC1. The summed E-state index contributed by atoms with van der Waals surface area (Å²) < 4.78 is 8.25. The molecule has 0 N–H and O–H groups in total. The maximum absolute atomic E-state index is 13.2. The number of halogens is 1. The van der Waals surface area contributed by atoms with Gasteiger partial charge in [-0.1, -0.05) is 31.5 Å². The number of amides is 2. The van der Waals surface area contributed by atoms with Crippen molar-refractivity contribution >= 4 is 23.4 Å². The Morgan fingerprint density at radius 1 is 1.06 bits per heavy atom. The number of piperidine rings is 2. The molecular formula is C28H39ClN4O3. The molecule has 0 saturated carbocycles. The van der Waals surface area contributed by atoms with Crippen molar-refractivity contribution in [2.45, 2.75) is 71.3 Å². The van der Waals surface area contributed by atoms with E-state index in [9.17, 15) is 9.59 Å². The van der Waals surface area contributed by atoms with Crippen LogP contribution < -0.4 is 4.74 Å². The van der Waals surface area contributed by atoms with E-state index in [-0.39, 0.29) is 17.2 Å². The highest BCUT2D eigenvalue weighted by atomic mass is 35.5. The third kappa shape index (κ3) is 6.81. The first-order valence-corrected chi connectivity index (χ1v) is 13.7. The number of aromatic nitrogens is 2. The van der Waals surface area contributed by atoms with Crippen molar-refractivity contribution in [3.8, 4) is 5.75 Å². The molecule has 2 amide bonds. The van der Waals surface area contributed by atoms with Gasteiger partial charge in [0.25, 0.3) is 0 Å². The lowest BCUT2D eigenvalue weighted by molar-refractivity contribution is -0.138. The second kappa shape index (κ2) is 12.1. The Hall–Kier alpha value is -2.54. The molecule has 0 spiro atoms. The topological polar surface area (TPSA) is 67.7 Å². The number of imidazole rings is 1. The first-order chi connectivity index (χ1) is 17.3. The van der Waals surface area contributed by atoms with Crippen LogP contribution in [0.2, 0.25) is 5.02 Å². The summed E-state index contributed by atoms with van der Waals surface area (Å²) in [6.45, 7) is 8.30. The smallest absolute Gasteiger partial charge is 0.224 e. The molecule has 0 radical (unpaired) electrons. The first-order valence-electron chi connectivity index (χ1n) is 13.3. The highest BCUT2D eigenvalue weighted by Crippen LogP contribution is 2.37. The van der Waals surface area contributed by atoms with E-state index in [1.54, 1.807) is 6.20 Å². The largest absolute Gasteiger partial charge is 0.493 e. The van der Waals surface area contributed by atoms with Gasteiger partial charge in [-0.05, 0) is 50.3 Å². The van der Waals surface area contributed by atoms with Gasteiger partial charge in [0.05, 0.1) is 6.61 Å². The maximum Gasteiger partial charge on any atom is 0.224 e. The molecule has 2 aliphatic rings. The maximum atomic E-state index is 13.2. The Balaban J connectivity index is 1.37. The van der Waals surface area contributed by atoms with Gasteiger partial charge >= 0.3 is 0 Å². The molecule has 1 aromatic carbocycles. The van der Waals surface area contributed by atoms with Crippen LogP contribution in [0.4, 0.5) is 0 Å². The summed E-state index contributed by atoms with van der Waals surface area (Å²) in [7, 11) is 0. The predicted molar refractivity (Wildman–Crippen MR) is 141 cm³/mol. The average Bonchev–Trinajstić information content (AvgIpc) is 3.36. The van der Waals surface area contributed by atoms with Crippen LogP contribution in [0, 0.1) is 5.41 Å². The van der Waals surface area contributed by atoms with Gasteiger partial charge in [-0.25, -0.2) is 4.98 Å². The van der Waals surface area contributed by atoms with Gasteiger partial charge in [-0.15, -0.1) is 0 Å². The summed E-state index contributed by atoms with van der Waals surface area (Å²) in [5.74, 6) is 2.42. The number of benzene rings is 1. The molecule has 4 rings (SSSR count). The molecular weight excluding hydrogens is 476 g/mol. The normalized spacial score (nSPS) is 17.9. The molecule has 2 fully saturated rings. The average molecular weight is 515 g/mol. The molecule has 2 saturated heterocycles. The zero-order valence-electron chi connectivity index (χ0n) is 21.6. The van der Waals surface area contributed by atoms with E-state index in [0.717, 1.165) is 44.6 Å². The summed E-state index contributed by atoms with van der Waals surface area (Å²) in [5, 5.41) is 0.630. The Labute approximate surface area is 219 Å². The summed E-state index contributed by atoms with van der Waals surface area (Å²) in [6, 6.07) is 7.39. The zero-order valence-corrected chi connectivity index (χ0v) is 22.4. The molecule has 7 nitrogen and oxygen atoms in total. The monoisotopic (exact) mass is 514 g/mol. The van der Waals surface area contributed by atoms with E-state index >= 15 is 0 Å². The van der Waals surface area contributed by atoms with Crippen molar-refractivity contribution < 1.29 is 14.3 Å². The molecule has 2 aliphatic heterocycles. The number of hydrogen-bond donors (Lipinski definition) is 0. The van der Waals surface area contributed by atoms with Gasteiger partial charge in [-0.2, -0.15) is 0 Å². The van der Waals surface area contributed by atoms with Crippen LogP contribution in [0.25, 0.3) is 0 Å². The van der Waals surface area contributed by atoms with Gasteiger partial charge in [-0.3, -0.25) is 9.59 Å². The van der Waals surface area contributed by atoms with Crippen LogP contribution in [-0.4, -0.2) is 64.0 Å². The second-order valence-electron chi connectivity index (χ2n) is 10.6. The van der Waals surface area contributed by atoms with E-state index in [0.29, 0.717) is 55.8 Å². The van der Waals surface area contributed by atoms with Crippen LogP contribution in [0.1, 0.15) is 70.5 Å². The predicted octanol–water partition coefficient (Wildman–Crippen LogP) is 5.14. The van der Waals surface area contributed by atoms with Gasteiger partial charge < -0.3 is 19.1 Å². The van der Waals surface area contributed by atoms with E-state index in [1.165, 1.54) is 6.42 Å². The Bertz CT molecular complexity index is 1020. The quantitative estimate of drug-likeness (QED) is 0.464. The fraction of sp³-hybridized carbons (Fsp3) is 0.607. The first kappa shape index (κ1) is 26.5. The standard InChI is InChI=1S/C28H39ClN4O3/c1-22(2)27-30-12-18-33(27)15-9-25(34)32-16-10-28(11-17-32,20-26(35)31-13-4-3-5-14-31)21-36-24-8-6-7-23(29)19-24/h6-8,12,18-19,22H,3-5,9-11,13-17,20-21H2,1-2H3. The van der Waals surface area contributed by atoms with Crippen molar-refractivity contribution in [3.63, 3.8) is 0 Å². The van der Waals surface area contributed by atoms with E-state index in [4.69, 9.17) is 16.3 Å². The molecule has 1 aromatic heterocycles. The van der Waals surface area contributed by atoms with Crippen LogP contribution in [0.15, 0.2) is 36.7 Å². The summed E-state index contributed by atoms with van der Waals surface area (Å²) in [5.41, 5.74) is -0.289. The molecule has 0 aliphatic carbocycles. The van der Waals surface area contributed by atoms with Gasteiger partial charge in [0.2, 0.25) is 11.8 Å².